The van der Waals surface area contributed by atoms with Crippen LogP contribution in [0.5, 0.6) is 0 Å². The lowest BCUT2D eigenvalue weighted by Crippen LogP contribution is -2.17. The smallest absolute Gasteiger partial charge is 0.341 e. The number of nitrogens with one attached hydrogen (secondary N) is 1. The van der Waals surface area contributed by atoms with Gasteiger partial charge in [-0.05, 0) is 7.05 Å². The first-order valence-electron chi connectivity index (χ1n) is 3.19. The molecule has 0 aromatic carbocycles. The number of hydrogen-bond donors (Lipinski definition) is 2. The van der Waals surface area contributed by atoms with Crippen LogP contribution in [0.2, 0.25) is 0 Å². The first-order valence-corrected chi connectivity index (χ1v) is 3.19. The van der Waals surface area contributed by atoms with Gasteiger partial charge in [0.15, 0.2) is 6.61 Å². The highest BCUT2D eigenvalue weighted by Crippen LogP contribution is 1.83. The average molecular weight is 161 g/mol. The van der Waals surface area contributed by atoms with Crippen molar-refractivity contribution in [3.8, 4) is 0 Å². The molecule has 0 fully saturated rings. The predicted molar refractivity (Wildman–Crippen MR) is 37.1 cm³/mol. The molecule has 2 N–H and O–H groups in total. The maximum absolute atomic E-state index is 10.6. The van der Waals surface area contributed by atoms with E-state index < -0.39 is 18.5 Å². The molecule has 0 radical (unpaired) electrons. The Morgan fingerprint density at radius 1 is 1.55 bits per heavy atom. The van der Waals surface area contributed by atoms with Crippen LogP contribution < -0.4 is 5.32 Å². The molecule has 0 spiro atoms. The molecular formula is C6H11NO4. The lowest BCUT2D eigenvalue weighted by molar-refractivity contribution is -0.155. The Balaban J connectivity index is 3.30. The standard InChI is InChI=1S/C6H11NO4/c1-7-3-2-6(10)11-4-5(8)9/h7H,2-4H2,1H3,(H,8,9). The molecule has 0 amide bonds. The van der Waals surface area contributed by atoms with E-state index in [4.69, 9.17) is 5.11 Å². The second-order valence-electron chi connectivity index (χ2n) is 1.91. The average Bonchev–Trinajstić information content (AvgIpc) is 1.97. The SMILES string of the molecule is CNCCC(=O)OCC(=O)O. The molecule has 0 aromatic heterocycles. The molecule has 0 bridgehead atoms. The van der Waals surface area contributed by atoms with Crippen LogP contribution >= 0.6 is 0 Å². The summed E-state index contributed by atoms with van der Waals surface area (Å²) < 4.78 is 4.33. The maximum atomic E-state index is 10.6. The number of hydrogen-bond acceptors (Lipinski definition) is 4. The number of carboxylic acid groups (broad SMARTS) is 1. The van der Waals surface area contributed by atoms with Crippen molar-refractivity contribution in [2.75, 3.05) is 20.2 Å². The van der Waals surface area contributed by atoms with Gasteiger partial charge in [0.25, 0.3) is 0 Å². The third-order valence-corrected chi connectivity index (χ3v) is 0.936. The summed E-state index contributed by atoms with van der Waals surface area (Å²) >= 11 is 0. The fourth-order valence-electron chi connectivity index (χ4n) is 0.441. The van der Waals surface area contributed by atoms with Gasteiger partial charge in [-0.15, -0.1) is 0 Å². The molecule has 0 saturated carbocycles. The minimum absolute atomic E-state index is 0.198. The van der Waals surface area contributed by atoms with Crippen molar-refractivity contribution in [3.63, 3.8) is 0 Å². The molecule has 0 aromatic rings. The molecule has 0 atom stereocenters. The van der Waals surface area contributed by atoms with E-state index in [0.29, 0.717) is 6.54 Å². The van der Waals surface area contributed by atoms with Crippen molar-refractivity contribution < 1.29 is 19.4 Å². The zero-order valence-electron chi connectivity index (χ0n) is 6.29. The third-order valence-electron chi connectivity index (χ3n) is 0.936. The second kappa shape index (κ2) is 5.67. The molecule has 0 unspecified atom stereocenters. The van der Waals surface area contributed by atoms with Gasteiger partial charge >= 0.3 is 11.9 Å². The Kier molecular flexibility index (Phi) is 5.10. The summed E-state index contributed by atoms with van der Waals surface area (Å²) in [6.07, 6.45) is 0.198. The van der Waals surface area contributed by atoms with E-state index in [2.05, 4.69) is 10.1 Å². The van der Waals surface area contributed by atoms with E-state index in [1.165, 1.54) is 0 Å². The molecule has 0 rings (SSSR count). The summed E-state index contributed by atoms with van der Waals surface area (Å²) in [5.41, 5.74) is 0. The molecule has 0 aliphatic heterocycles. The first-order chi connectivity index (χ1) is 5.16. The van der Waals surface area contributed by atoms with Gasteiger partial charge in [0.05, 0.1) is 6.42 Å². The Labute approximate surface area is 64.3 Å². The summed E-state index contributed by atoms with van der Waals surface area (Å²) in [6, 6.07) is 0. The van der Waals surface area contributed by atoms with Crippen LogP contribution in [0.1, 0.15) is 6.42 Å². The number of aliphatic carboxylic acids is 1. The van der Waals surface area contributed by atoms with Crippen LogP contribution in [0, 0.1) is 0 Å². The normalized spacial score (nSPS) is 9.18. The summed E-state index contributed by atoms with van der Waals surface area (Å²) in [7, 11) is 1.70. The fourth-order valence-corrected chi connectivity index (χ4v) is 0.441. The molecule has 11 heavy (non-hydrogen) atoms. The quantitative estimate of drug-likeness (QED) is 0.517. The molecule has 0 aliphatic rings. The number of carboxylic acids is 1. The molecule has 0 aliphatic carbocycles. The van der Waals surface area contributed by atoms with E-state index in [-0.39, 0.29) is 6.42 Å². The van der Waals surface area contributed by atoms with Gasteiger partial charge < -0.3 is 15.2 Å². The number of rotatable bonds is 5. The van der Waals surface area contributed by atoms with Gasteiger partial charge in [0.2, 0.25) is 0 Å². The second-order valence-corrected chi connectivity index (χ2v) is 1.91. The minimum atomic E-state index is -1.14. The molecule has 64 valence electrons. The number of esters is 1. The van der Waals surface area contributed by atoms with Gasteiger partial charge in [0.1, 0.15) is 0 Å². The lowest BCUT2D eigenvalue weighted by Gasteiger charge is -1.99. The van der Waals surface area contributed by atoms with Gasteiger partial charge in [-0.2, -0.15) is 0 Å². The van der Waals surface area contributed by atoms with E-state index in [9.17, 15) is 9.59 Å². The largest absolute Gasteiger partial charge is 0.479 e. The fraction of sp³-hybridized carbons (Fsp3) is 0.667. The lowest BCUT2D eigenvalue weighted by atomic mass is 10.4. The summed E-state index contributed by atoms with van der Waals surface area (Å²) in [6.45, 7) is -0.0546. The van der Waals surface area contributed by atoms with E-state index in [0.717, 1.165) is 0 Å². The zero-order valence-corrected chi connectivity index (χ0v) is 6.29. The number of ether oxygens (including phenoxy) is 1. The van der Waals surface area contributed by atoms with Crippen molar-refractivity contribution in [2.24, 2.45) is 0 Å². The number of carbonyl (C=O) groups excluding carboxylic acids is 1. The van der Waals surface area contributed by atoms with Crippen molar-refractivity contribution >= 4 is 11.9 Å². The topological polar surface area (TPSA) is 75.6 Å². The van der Waals surface area contributed by atoms with E-state index in [1.807, 2.05) is 0 Å². The van der Waals surface area contributed by atoms with E-state index in [1.54, 1.807) is 7.05 Å². The Morgan fingerprint density at radius 3 is 2.64 bits per heavy atom. The van der Waals surface area contributed by atoms with Crippen LogP contribution in [0.4, 0.5) is 0 Å². The predicted octanol–water partition coefficient (Wildman–Crippen LogP) is -0.776. The monoisotopic (exact) mass is 161 g/mol. The van der Waals surface area contributed by atoms with Crippen LogP contribution in [-0.4, -0.2) is 37.2 Å². The van der Waals surface area contributed by atoms with Crippen molar-refractivity contribution in [2.45, 2.75) is 6.42 Å². The first kappa shape index (κ1) is 9.90. The minimum Gasteiger partial charge on any atom is -0.479 e. The highest BCUT2D eigenvalue weighted by atomic mass is 16.5. The van der Waals surface area contributed by atoms with Crippen LogP contribution in [0.3, 0.4) is 0 Å². The Morgan fingerprint density at radius 2 is 2.18 bits per heavy atom. The van der Waals surface area contributed by atoms with Crippen molar-refractivity contribution in [3.05, 3.63) is 0 Å². The van der Waals surface area contributed by atoms with Crippen LogP contribution in [0.25, 0.3) is 0 Å². The highest BCUT2D eigenvalue weighted by molar-refractivity contribution is 5.75. The van der Waals surface area contributed by atoms with E-state index >= 15 is 0 Å². The molecular weight excluding hydrogens is 150 g/mol. The highest BCUT2D eigenvalue weighted by Gasteiger charge is 2.03. The Bertz CT molecular complexity index is 146. The van der Waals surface area contributed by atoms with Crippen LogP contribution in [-0.2, 0) is 14.3 Å². The van der Waals surface area contributed by atoms with Gasteiger partial charge in [-0.1, -0.05) is 0 Å². The molecule has 5 nitrogen and oxygen atoms in total. The van der Waals surface area contributed by atoms with Crippen molar-refractivity contribution in [1.82, 2.24) is 5.32 Å². The van der Waals surface area contributed by atoms with Crippen molar-refractivity contribution in [1.29, 1.82) is 0 Å². The molecule has 0 heterocycles. The third kappa shape index (κ3) is 6.79. The van der Waals surface area contributed by atoms with Gasteiger partial charge in [0, 0.05) is 6.54 Å². The van der Waals surface area contributed by atoms with Gasteiger partial charge in [-0.3, -0.25) is 4.79 Å². The summed E-state index contributed by atoms with van der Waals surface area (Å²) in [4.78, 5) is 20.5. The van der Waals surface area contributed by atoms with Crippen LogP contribution in [0.15, 0.2) is 0 Å². The Hall–Kier alpha value is -1.10. The maximum Gasteiger partial charge on any atom is 0.341 e. The summed E-state index contributed by atoms with van der Waals surface area (Å²) in [5.74, 6) is -1.63. The van der Waals surface area contributed by atoms with Gasteiger partial charge in [-0.25, -0.2) is 4.79 Å². The summed E-state index contributed by atoms with van der Waals surface area (Å²) in [5, 5.41) is 10.8. The zero-order chi connectivity index (χ0) is 8.69. The number of carbonyl (C=O) groups is 2. The molecule has 0 saturated heterocycles. The molecule has 5 heteroatoms.